The van der Waals surface area contributed by atoms with Crippen LogP contribution in [0.4, 0.5) is 5.69 Å². The minimum absolute atomic E-state index is 0.0380. The van der Waals surface area contributed by atoms with Crippen molar-refractivity contribution in [1.82, 2.24) is 10.2 Å². The van der Waals surface area contributed by atoms with Gasteiger partial charge in [-0.3, -0.25) is 9.69 Å². The lowest BCUT2D eigenvalue weighted by atomic mass is 10.2. The van der Waals surface area contributed by atoms with Crippen molar-refractivity contribution in [2.75, 3.05) is 31.5 Å². The number of rotatable bonds is 3. The molecule has 18 heavy (non-hydrogen) atoms. The molecule has 5 heteroatoms. The molecule has 0 aromatic heterocycles. The first-order valence-corrected chi connectivity index (χ1v) is 6.94. The molecule has 1 aromatic rings. The van der Waals surface area contributed by atoms with Crippen LogP contribution in [0.25, 0.3) is 0 Å². The summed E-state index contributed by atoms with van der Waals surface area (Å²) in [6.45, 7) is 5.38. The van der Waals surface area contributed by atoms with Crippen molar-refractivity contribution in [3.63, 3.8) is 0 Å². The third-order valence-corrected chi connectivity index (χ3v) is 3.66. The number of amides is 1. The molecule has 2 rings (SSSR count). The second kappa shape index (κ2) is 6.31. The Kier molecular flexibility index (Phi) is 4.74. The highest BCUT2D eigenvalue weighted by molar-refractivity contribution is 9.10. The van der Waals surface area contributed by atoms with Gasteiger partial charge in [0.05, 0.1) is 12.2 Å². The zero-order valence-electron chi connectivity index (χ0n) is 10.4. The Balaban J connectivity index is 1.87. The normalized spacial score (nSPS) is 20.7. The maximum atomic E-state index is 11.9. The molecule has 1 amide bonds. The molecular weight excluding hydrogens is 294 g/mol. The van der Waals surface area contributed by atoms with Gasteiger partial charge in [-0.15, -0.1) is 0 Å². The highest BCUT2D eigenvalue weighted by atomic mass is 79.9. The number of benzene rings is 1. The van der Waals surface area contributed by atoms with E-state index >= 15 is 0 Å². The summed E-state index contributed by atoms with van der Waals surface area (Å²) < 4.78 is 0.909. The van der Waals surface area contributed by atoms with E-state index in [1.54, 1.807) is 0 Å². The van der Waals surface area contributed by atoms with Gasteiger partial charge in [-0.1, -0.05) is 12.1 Å². The van der Waals surface area contributed by atoms with Gasteiger partial charge in [0, 0.05) is 30.1 Å². The molecule has 1 atom stereocenters. The van der Waals surface area contributed by atoms with Gasteiger partial charge < -0.3 is 10.6 Å². The Hall–Kier alpha value is -0.910. The van der Waals surface area contributed by atoms with E-state index in [1.807, 2.05) is 24.3 Å². The lowest BCUT2D eigenvalue weighted by molar-refractivity contribution is -0.117. The first-order chi connectivity index (χ1) is 8.65. The maximum absolute atomic E-state index is 11.9. The minimum atomic E-state index is 0.0380. The second-order valence-corrected chi connectivity index (χ2v) is 5.47. The SMILES string of the molecule is C[C@@H]1CN(CC(=O)Nc2ccccc2Br)CCN1. The number of hydrogen-bond acceptors (Lipinski definition) is 3. The monoisotopic (exact) mass is 311 g/mol. The van der Waals surface area contributed by atoms with Crippen molar-refractivity contribution in [3.05, 3.63) is 28.7 Å². The summed E-state index contributed by atoms with van der Waals surface area (Å²) in [5.41, 5.74) is 0.825. The Labute approximate surface area is 116 Å². The first-order valence-electron chi connectivity index (χ1n) is 6.15. The van der Waals surface area contributed by atoms with Gasteiger partial charge >= 0.3 is 0 Å². The molecule has 1 aromatic carbocycles. The number of piperazine rings is 1. The second-order valence-electron chi connectivity index (χ2n) is 4.62. The number of halogens is 1. The molecule has 0 bridgehead atoms. The van der Waals surface area contributed by atoms with Crippen molar-refractivity contribution in [3.8, 4) is 0 Å². The van der Waals surface area contributed by atoms with Crippen LogP contribution in [0.1, 0.15) is 6.92 Å². The zero-order valence-corrected chi connectivity index (χ0v) is 12.0. The average molecular weight is 312 g/mol. The number of hydrogen-bond donors (Lipinski definition) is 2. The fourth-order valence-electron chi connectivity index (χ4n) is 2.11. The molecule has 0 aliphatic carbocycles. The van der Waals surface area contributed by atoms with Gasteiger partial charge in [-0.05, 0) is 35.0 Å². The van der Waals surface area contributed by atoms with Crippen molar-refractivity contribution in [2.24, 2.45) is 0 Å². The highest BCUT2D eigenvalue weighted by Crippen LogP contribution is 2.20. The Morgan fingerprint density at radius 3 is 3.06 bits per heavy atom. The summed E-state index contributed by atoms with van der Waals surface area (Å²) in [4.78, 5) is 14.1. The lowest BCUT2D eigenvalue weighted by Gasteiger charge is -2.31. The molecule has 0 unspecified atom stereocenters. The molecule has 1 heterocycles. The standard InChI is InChI=1S/C13H18BrN3O/c1-10-8-17(7-6-15-10)9-13(18)16-12-5-3-2-4-11(12)14/h2-5,10,15H,6-9H2,1H3,(H,16,18)/t10-/m1/s1. The molecule has 1 aliphatic heterocycles. The van der Waals surface area contributed by atoms with Crippen molar-refractivity contribution < 1.29 is 4.79 Å². The molecule has 98 valence electrons. The van der Waals surface area contributed by atoms with Crippen LogP contribution in [0.2, 0.25) is 0 Å². The Morgan fingerprint density at radius 1 is 1.56 bits per heavy atom. The van der Waals surface area contributed by atoms with E-state index in [1.165, 1.54) is 0 Å². The predicted octanol–water partition coefficient (Wildman–Crippen LogP) is 1.68. The highest BCUT2D eigenvalue weighted by Gasteiger charge is 2.18. The van der Waals surface area contributed by atoms with E-state index in [-0.39, 0.29) is 5.91 Å². The van der Waals surface area contributed by atoms with Gasteiger partial charge in [0.1, 0.15) is 0 Å². The van der Waals surface area contributed by atoms with Crippen molar-refractivity contribution >= 4 is 27.5 Å². The van der Waals surface area contributed by atoms with E-state index in [9.17, 15) is 4.79 Å². The average Bonchev–Trinajstić information content (AvgIpc) is 2.32. The fraction of sp³-hybridized carbons (Fsp3) is 0.462. The van der Waals surface area contributed by atoms with Crippen LogP contribution in [0.3, 0.4) is 0 Å². The van der Waals surface area contributed by atoms with Crippen LogP contribution in [-0.2, 0) is 4.79 Å². The number of para-hydroxylation sites is 1. The van der Waals surface area contributed by atoms with E-state index < -0.39 is 0 Å². The third-order valence-electron chi connectivity index (χ3n) is 2.97. The van der Waals surface area contributed by atoms with Crippen LogP contribution in [0, 0.1) is 0 Å². The van der Waals surface area contributed by atoms with Gasteiger partial charge in [0.2, 0.25) is 5.91 Å². The molecule has 0 saturated carbocycles. The number of anilines is 1. The number of carbonyl (C=O) groups excluding carboxylic acids is 1. The number of nitrogens with zero attached hydrogens (tertiary/aromatic N) is 1. The molecule has 1 saturated heterocycles. The molecule has 0 radical (unpaired) electrons. The smallest absolute Gasteiger partial charge is 0.238 e. The van der Waals surface area contributed by atoms with Gasteiger partial charge in [-0.2, -0.15) is 0 Å². The molecule has 2 N–H and O–H groups in total. The van der Waals surface area contributed by atoms with E-state index in [4.69, 9.17) is 0 Å². The summed E-state index contributed by atoms with van der Waals surface area (Å²) in [6.07, 6.45) is 0. The molecule has 1 aliphatic rings. The molecular formula is C13H18BrN3O. The van der Waals surface area contributed by atoms with Crippen LogP contribution in [0.5, 0.6) is 0 Å². The quantitative estimate of drug-likeness (QED) is 0.892. The maximum Gasteiger partial charge on any atom is 0.238 e. The van der Waals surface area contributed by atoms with Crippen LogP contribution >= 0.6 is 15.9 Å². The largest absolute Gasteiger partial charge is 0.324 e. The zero-order chi connectivity index (χ0) is 13.0. The van der Waals surface area contributed by atoms with Gasteiger partial charge in [0.15, 0.2) is 0 Å². The van der Waals surface area contributed by atoms with Crippen LogP contribution in [0.15, 0.2) is 28.7 Å². The fourth-order valence-corrected chi connectivity index (χ4v) is 2.50. The third kappa shape index (κ3) is 3.80. The lowest BCUT2D eigenvalue weighted by Crippen LogP contribution is -2.51. The van der Waals surface area contributed by atoms with Crippen molar-refractivity contribution in [2.45, 2.75) is 13.0 Å². The number of nitrogens with one attached hydrogen (secondary N) is 2. The summed E-state index contributed by atoms with van der Waals surface area (Å²) in [7, 11) is 0. The van der Waals surface area contributed by atoms with E-state index in [0.717, 1.165) is 29.8 Å². The predicted molar refractivity (Wildman–Crippen MR) is 76.7 cm³/mol. The van der Waals surface area contributed by atoms with Crippen LogP contribution < -0.4 is 10.6 Å². The van der Waals surface area contributed by atoms with Gasteiger partial charge in [0.25, 0.3) is 0 Å². The summed E-state index contributed by atoms with van der Waals surface area (Å²) in [5.74, 6) is 0.0380. The Bertz CT molecular complexity index is 424. The molecule has 4 nitrogen and oxygen atoms in total. The van der Waals surface area contributed by atoms with E-state index in [0.29, 0.717) is 12.6 Å². The van der Waals surface area contributed by atoms with Crippen molar-refractivity contribution in [1.29, 1.82) is 0 Å². The minimum Gasteiger partial charge on any atom is -0.324 e. The topological polar surface area (TPSA) is 44.4 Å². The molecule has 0 spiro atoms. The van der Waals surface area contributed by atoms with Crippen LogP contribution in [-0.4, -0.2) is 43.0 Å². The summed E-state index contributed by atoms with van der Waals surface area (Å²) >= 11 is 3.42. The Morgan fingerprint density at radius 2 is 2.33 bits per heavy atom. The van der Waals surface area contributed by atoms with Gasteiger partial charge in [-0.25, -0.2) is 0 Å². The summed E-state index contributed by atoms with van der Waals surface area (Å²) in [5, 5.41) is 6.29. The molecule has 1 fully saturated rings. The number of carbonyl (C=O) groups is 1. The summed E-state index contributed by atoms with van der Waals surface area (Å²) in [6, 6.07) is 8.10. The first kappa shape index (κ1) is 13.5. The van der Waals surface area contributed by atoms with E-state index in [2.05, 4.69) is 38.4 Å².